The molecule has 0 aliphatic carbocycles. The summed E-state index contributed by atoms with van der Waals surface area (Å²) in [6, 6.07) is 5.86. The van der Waals surface area contributed by atoms with E-state index in [4.69, 9.17) is 5.73 Å². The van der Waals surface area contributed by atoms with Crippen molar-refractivity contribution in [2.45, 2.75) is 27.3 Å². The highest BCUT2D eigenvalue weighted by Gasteiger charge is 2.09. The second-order valence-corrected chi connectivity index (χ2v) is 4.01. The SMILES string of the molecule is Cc1ccc(NC(=O)C(C)C)c(CN)c1. The minimum absolute atomic E-state index is 0.0167. The average molecular weight is 206 g/mol. The Balaban J connectivity index is 2.89. The van der Waals surface area contributed by atoms with Gasteiger partial charge < -0.3 is 11.1 Å². The second-order valence-electron chi connectivity index (χ2n) is 4.01. The van der Waals surface area contributed by atoms with Gasteiger partial charge in [-0.15, -0.1) is 0 Å². The zero-order chi connectivity index (χ0) is 11.4. The van der Waals surface area contributed by atoms with Crippen LogP contribution in [0.25, 0.3) is 0 Å². The maximum Gasteiger partial charge on any atom is 0.226 e. The van der Waals surface area contributed by atoms with Crippen LogP contribution in [0.2, 0.25) is 0 Å². The van der Waals surface area contributed by atoms with Crippen molar-refractivity contribution < 1.29 is 4.79 Å². The molecule has 1 aromatic carbocycles. The lowest BCUT2D eigenvalue weighted by Crippen LogP contribution is -2.19. The number of rotatable bonds is 3. The van der Waals surface area contributed by atoms with Gasteiger partial charge in [0.2, 0.25) is 5.91 Å². The van der Waals surface area contributed by atoms with Gasteiger partial charge in [0.05, 0.1) is 0 Å². The van der Waals surface area contributed by atoms with Crippen molar-refractivity contribution in [2.75, 3.05) is 5.32 Å². The molecule has 0 saturated heterocycles. The van der Waals surface area contributed by atoms with Crippen LogP contribution in [0, 0.1) is 12.8 Å². The Morgan fingerprint density at radius 2 is 2.13 bits per heavy atom. The van der Waals surface area contributed by atoms with Crippen LogP contribution in [-0.2, 0) is 11.3 Å². The summed E-state index contributed by atoms with van der Waals surface area (Å²) in [7, 11) is 0. The molecule has 0 heterocycles. The largest absolute Gasteiger partial charge is 0.326 e. The number of hydrogen-bond acceptors (Lipinski definition) is 2. The number of nitrogens with two attached hydrogens (primary N) is 1. The molecule has 0 radical (unpaired) electrons. The van der Waals surface area contributed by atoms with Crippen molar-refractivity contribution >= 4 is 11.6 Å². The van der Waals surface area contributed by atoms with E-state index in [9.17, 15) is 4.79 Å². The summed E-state index contributed by atoms with van der Waals surface area (Å²) in [5.74, 6) is 0.00507. The van der Waals surface area contributed by atoms with Crippen molar-refractivity contribution in [1.29, 1.82) is 0 Å². The molecule has 15 heavy (non-hydrogen) atoms. The second kappa shape index (κ2) is 4.94. The van der Waals surface area contributed by atoms with E-state index in [0.717, 1.165) is 16.8 Å². The molecule has 1 amide bonds. The van der Waals surface area contributed by atoms with E-state index in [1.165, 1.54) is 0 Å². The van der Waals surface area contributed by atoms with Crippen LogP contribution in [0.15, 0.2) is 18.2 Å². The standard InChI is InChI=1S/C12H18N2O/c1-8(2)12(15)14-11-5-4-9(3)6-10(11)7-13/h4-6,8H,7,13H2,1-3H3,(H,14,15). The Morgan fingerprint density at radius 1 is 1.47 bits per heavy atom. The number of aryl methyl sites for hydroxylation is 1. The summed E-state index contributed by atoms with van der Waals surface area (Å²) >= 11 is 0. The van der Waals surface area contributed by atoms with E-state index >= 15 is 0 Å². The Hall–Kier alpha value is -1.35. The average Bonchev–Trinajstić information content (AvgIpc) is 2.20. The number of amides is 1. The Morgan fingerprint density at radius 3 is 2.67 bits per heavy atom. The van der Waals surface area contributed by atoms with Gasteiger partial charge in [-0.2, -0.15) is 0 Å². The van der Waals surface area contributed by atoms with Crippen molar-refractivity contribution in [2.24, 2.45) is 11.7 Å². The number of carbonyl (C=O) groups is 1. The molecular weight excluding hydrogens is 188 g/mol. The predicted molar refractivity (Wildman–Crippen MR) is 62.5 cm³/mol. The molecule has 3 nitrogen and oxygen atoms in total. The van der Waals surface area contributed by atoms with Crippen molar-refractivity contribution in [1.82, 2.24) is 0 Å². The lowest BCUT2D eigenvalue weighted by molar-refractivity contribution is -0.118. The number of benzene rings is 1. The van der Waals surface area contributed by atoms with Crippen LogP contribution in [-0.4, -0.2) is 5.91 Å². The van der Waals surface area contributed by atoms with Crippen molar-refractivity contribution in [3.63, 3.8) is 0 Å². The highest BCUT2D eigenvalue weighted by Crippen LogP contribution is 2.17. The smallest absolute Gasteiger partial charge is 0.226 e. The summed E-state index contributed by atoms with van der Waals surface area (Å²) in [5, 5.41) is 2.87. The summed E-state index contributed by atoms with van der Waals surface area (Å²) in [5.41, 5.74) is 8.57. The fourth-order valence-corrected chi connectivity index (χ4v) is 1.29. The summed E-state index contributed by atoms with van der Waals surface area (Å²) in [6.45, 7) is 6.18. The molecule has 0 aliphatic heterocycles. The van der Waals surface area contributed by atoms with Gasteiger partial charge in [0.1, 0.15) is 0 Å². The number of nitrogens with one attached hydrogen (secondary N) is 1. The van der Waals surface area contributed by atoms with Gasteiger partial charge in [0.25, 0.3) is 0 Å². The molecule has 1 rings (SSSR count). The van der Waals surface area contributed by atoms with Gasteiger partial charge in [-0.1, -0.05) is 31.5 Å². The fraction of sp³-hybridized carbons (Fsp3) is 0.417. The Labute approximate surface area is 90.7 Å². The first kappa shape index (κ1) is 11.7. The summed E-state index contributed by atoms with van der Waals surface area (Å²) in [4.78, 5) is 11.5. The van der Waals surface area contributed by atoms with Crippen LogP contribution in [0.1, 0.15) is 25.0 Å². The highest BCUT2D eigenvalue weighted by atomic mass is 16.1. The maximum atomic E-state index is 11.5. The molecule has 0 unspecified atom stereocenters. The van der Waals surface area contributed by atoms with E-state index in [1.807, 2.05) is 39.0 Å². The van der Waals surface area contributed by atoms with Gasteiger partial charge >= 0.3 is 0 Å². The molecule has 0 bridgehead atoms. The molecule has 0 aliphatic rings. The first-order valence-corrected chi connectivity index (χ1v) is 5.15. The van der Waals surface area contributed by atoms with E-state index in [1.54, 1.807) is 0 Å². The summed E-state index contributed by atoms with van der Waals surface area (Å²) < 4.78 is 0. The van der Waals surface area contributed by atoms with Crippen LogP contribution in [0.4, 0.5) is 5.69 Å². The monoisotopic (exact) mass is 206 g/mol. The third kappa shape index (κ3) is 3.06. The minimum atomic E-state index is -0.0167. The predicted octanol–water partition coefficient (Wildman–Crippen LogP) is 2.05. The zero-order valence-electron chi connectivity index (χ0n) is 9.50. The first-order chi connectivity index (χ1) is 7.04. The van der Waals surface area contributed by atoms with Crippen molar-refractivity contribution in [3.05, 3.63) is 29.3 Å². The van der Waals surface area contributed by atoms with Crippen LogP contribution >= 0.6 is 0 Å². The topological polar surface area (TPSA) is 55.1 Å². The minimum Gasteiger partial charge on any atom is -0.326 e. The van der Waals surface area contributed by atoms with Crippen LogP contribution in [0.3, 0.4) is 0 Å². The number of hydrogen-bond donors (Lipinski definition) is 2. The van der Waals surface area contributed by atoms with Gasteiger partial charge in [-0.3, -0.25) is 4.79 Å². The molecule has 3 heteroatoms. The molecule has 3 N–H and O–H groups in total. The molecule has 1 aromatic rings. The number of anilines is 1. The molecule has 0 atom stereocenters. The quantitative estimate of drug-likeness (QED) is 0.795. The van der Waals surface area contributed by atoms with E-state index < -0.39 is 0 Å². The molecule has 0 aromatic heterocycles. The molecule has 0 fully saturated rings. The highest BCUT2D eigenvalue weighted by molar-refractivity contribution is 5.92. The Kier molecular flexibility index (Phi) is 3.86. The lowest BCUT2D eigenvalue weighted by Gasteiger charge is -2.12. The van der Waals surface area contributed by atoms with Gasteiger partial charge in [-0.05, 0) is 18.6 Å². The first-order valence-electron chi connectivity index (χ1n) is 5.15. The van der Waals surface area contributed by atoms with Gasteiger partial charge in [-0.25, -0.2) is 0 Å². The summed E-state index contributed by atoms with van der Waals surface area (Å²) in [6.07, 6.45) is 0. The van der Waals surface area contributed by atoms with E-state index in [-0.39, 0.29) is 11.8 Å². The number of carbonyl (C=O) groups excluding carboxylic acids is 1. The van der Waals surface area contributed by atoms with E-state index in [2.05, 4.69) is 5.32 Å². The fourth-order valence-electron chi connectivity index (χ4n) is 1.29. The van der Waals surface area contributed by atoms with Gasteiger partial charge in [0.15, 0.2) is 0 Å². The molecule has 0 spiro atoms. The van der Waals surface area contributed by atoms with Crippen LogP contribution in [0.5, 0.6) is 0 Å². The Bertz CT molecular complexity index is 359. The lowest BCUT2D eigenvalue weighted by atomic mass is 10.1. The maximum absolute atomic E-state index is 11.5. The third-order valence-electron chi connectivity index (χ3n) is 2.26. The van der Waals surface area contributed by atoms with Gasteiger partial charge in [0, 0.05) is 18.2 Å². The molecular formula is C12H18N2O. The normalized spacial score (nSPS) is 10.5. The molecule has 82 valence electrons. The van der Waals surface area contributed by atoms with E-state index in [0.29, 0.717) is 6.54 Å². The third-order valence-corrected chi connectivity index (χ3v) is 2.26. The van der Waals surface area contributed by atoms with Crippen molar-refractivity contribution in [3.8, 4) is 0 Å². The molecule has 0 saturated carbocycles. The van der Waals surface area contributed by atoms with Crippen LogP contribution < -0.4 is 11.1 Å². The zero-order valence-corrected chi connectivity index (χ0v) is 9.50.